The van der Waals surface area contributed by atoms with Gasteiger partial charge in [0, 0.05) is 5.71 Å². The van der Waals surface area contributed by atoms with Crippen molar-refractivity contribution >= 4 is 55.5 Å². The molecule has 8 heteroatoms. The molecule has 26 heavy (non-hydrogen) atoms. The summed E-state index contributed by atoms with van der Waals surface area (Å²) in [5.74, 6) is 0.970. The van der Waals surface area contributed by atoms with Crippen molar-refractivity contribution in [1.29, 1.82) is 0 Å². The van der Waals surface area contributed by atoms with Crippen LogP contribution in [0.2, 0.25) is 0 Å². The topological polar surface area (TPSA) is 71.3 Å². The van der Waals surface area contributed by atoms with Gasteiger partial charge in [0.05, 0.1) is 16.0 Å². The largest absolute Gasteiger partial charge is 0.508 e. The van der Waals surface area contributed by atoms with E-state index in [1.807, 2.05) is 37.3 Å². The highest BCUT2D eigenvalue weighted by Crippen LogP contribution is 2.32. The molecule has 1 N–H and O–H groups in total. The molecule has 0 unspecified atom stereocenters. The van der Waals surface area contributed by atoms with Crippen molar-refractivity contribution < 1.29 is 5.11 Å². The van der Waals surface area contributed by atoms with E-state index >= 15 is 0 Å². The Morgan fingerprint density at radius 1 is 1.08 bits per heavy atom. The second-order valence-electron chi connectivity index (χ2n) is 5.46. The summed E-state index contributed by atoms with van der Waals surface area (Å²) in [5.41, 5.74) is 2.82. The third-order valence-electron chi connectivity index (χ3n) is 3.60. The third-order valence-corrected chi connectivity index (χ3v) is 6.79. The van der Waals surface area contributed by atoms with Crippen molar-refractivity contribution in [1.82, 2.24) is 15.2 Å². The molecule has 0 aliphatic heterocycles. The number of hydrogen-bond acceptors (Lipinski definition) is 8. The first-order chi connectivity index (χ1) is 12.7. The standard InChI is InChI=1S/C18H14N4OS3/c1-11(12-6-8-13(23)9-7-12)19-17-22-21-16(26-17)10-24-18-20-14-4-2-3-5-15(14)25-18/h2-9,23H,10H2,1H3/b19-11+. The lowest BCUT2D eigenvalue weighted by molar-refractivity contribution is 0.475. The highest BCUT2D eigenvalue weighted by atomic mass is 32.2. The minimum Gasteiger partial charge on any atom is -0.508 e. The van der Waals surface area contributed by atoms with Crippen molar-refractivity contribution in [3.63, 3.8) is 0 Å². The predicted octanol–water partition coefficient (Wildman–Crippen LogP) is 5.29. The molecular weight excluding hydrogens is 384 g/mol. The van der Waals surface area contributed by atoms with Crippen molar-refractivity contribution in [3.05, 3.63) is 59.1 Å². The Morgan fingerprint density at radius 3 is 2.69 bits per heavy atom. The number of aliphatic imine (C=N–C) groups is 1. The van der Waals surface area contributed by atoms with Crippen LogP contribution in [-0.2, 0) is 5.75 Å². The van der Waals surface area contributed by atoms with Crippen molar-refractivity contribution in [2.24, 2.45) is 4.99 Å². The third kappa shape index (κ3) is 3.92. The van der Waals surface area contributed by atoms with Gasteiger partial charge in [-0.3, -0.25) is 0 Å². The number of phenolic OH excluding ortho intramolecular Hbond substituents is 1. The number of rotatable bonds is 5. The number of para-hydroxylation sites is 1. The average molecular weight is 399 g/mol. The molecule has 2 heterocycles. The van der Waals surface area contributed by atoms with Gasteiger partial charge >= 0.3 is 0 Å². The number of aromatic hydroxyl groups is 1. The van der Waals surface area contributed by atoms with E-state index in [0.29, 0.717) is 5.13 Å². The van der Waals surface area contributed by atoms with Gasteiger partial charge in [0.2, 0.25) is 5.13 Å². The molecule has 2 aromatic carbocycles. The second kappa shape index (κ2) is 7.53. The predicted molar refractivity (Wildman–Crippen MR) is 109 cm³/mol. The van der Waals surface area contributed by atoms with E-state index in [2.05, 4.69) is 26.2 Å². The lowest BCUT2D eigenvalue weighted by atomic mass is 10.1. The summed E-state index contributed by atoms with van der Waals surface area (Å²) in [5, 5.41) is 19.3. The zero-order valence-corrected chi connectivity index (χ0v) is 16.2. The monoisotopic (exact) mass is 398 g/mol. The van der Waals surface area contributed by atoms with Crippen LogP contribution in [0.15, 0.2) is 57.9 Å². The first-order valence-electron chi connectivity index (χ1n) is 7.83. The van der Waals surface area contributed by atoms with E-state index in [9.17, 15) is 5.11 Å². The van der Waals surface area contributed by atoms with Gasteiger partial charge in [-0.05, 0) is 48.9 Å². The number of thioether (sulfide) groups is 1. The van der Waals surface area contributed by atoms with E-state index in [4.69, 9.17) is 0 Å². The van der Waals surface area contributed by atoms with Crippen LogP contribution in [0, 0.1) is 0 Å². The zero-order chi connectivity index (χ0) is 17.9. The summed E-state index contributed by atoms with van der Waals surface area (Å²) in [6.45, 7) is 1.92. The molecule has 0 saturated carbocycles. The van der Waals surface area contributed by atoms with Crippen LogP contribution >= 0.6 is 34.4 Å². The van der Waals surface area contributed by atoms with Gasteiger partial charge in [-0.1, -0.05) is 35.2 Å². The summed E-state index contributed by atoms with van der Waals surface area (Å²) in [7, 11) is 0. The zero-order valence-electron chi connectivity index (χ0n) is 13.8. The lowest BCUT2D eigenvalue weighted by Gasteiger charge is -1.99. The molecule has 0 bridgehead atoms. The van der Waals surface area contributed by atoms with E-state index in [0.717, 1.165) is 31.9 Å². The molecule has 0 fully saturated rings. The molecule has 0 radical (unpaired) electrons. The summed E-state index contributed by atoms with van der Waals surface area (Å²) in [6.07, 6.45) is 0. The first kappa shape index (κ1) is 17.1. The molecule has 0 spiro atoms. The van der Waals surface area contributed by atoms with E-state index in [-0.39, 0.29) is 5.75 Å². The molecule has 0 amide bonds. The number of thiazole rings is 1. The number of phenols is 1. The normalized spacial score (nSPS) is 12.0. The van der Waals surface area contributed by atoms with Gasteiger partial charge in [0.25, 0.3) is 0 Å². The maximum atomic E-state index is 9.36. The Hall–Kier alpha value is -2.29. The van der Waals surface area contributed by atoms with Crippen LogP contribution in [-0.4, -0.2) is 26.0 Å². The fraction of sp³-hybridized carbons (Fsp3) is 0.111. The van der Waals surface area contributed by atoms with Crippen LogP contribution in [0.4, 0.5) is 5.13 Å². The summed E-state index contributed by atoms with van der Waals surface area (Å²) >= 11 is 4.84. The maximum Gasteiger partial charge on any atom is 0.231 e. The fourth-order valence-electron chi connectivity index (χ4n) is 2.30. The number of aromatic nitrogens is 3. The van der Waals surface area contributed by atoms with E-state index in [1.165, 1.54) is 16.0 Å². The van der Waals surface area contributed by atoms with Gasteiger partial charge < -0.3 is 5.11 Å². The SMILES string of the molecule is C/C(=N\c1nnc(CSc2nc3ccccc3s2)s1)c1ccc(O)cc1. The average Bonchev–Trinajstić information content (AvgIpc) is 3.26. The lowest BCUT2D eigenvalue weighted by Crippen LogP contribution is -1.92. The van der Waals surface area contributed by atoms with Crippen LogP contribution < -0.4 is 0 Å². The van der Waals surface area contributed by atoms with Gasteiger partial charge in [-0.2, -0.15) is 0 Å². The smallest absolute Gasteiger partial charge is 0.231 e. The molecule has 4 aromatic rings. The number of benzene rings is 2. The number of fused-ring (bicyclic) bond motifs is 1. The molecule has 2 aromatic heterocycles. The Kier molecular flexibility index (Phi) is 4.96. The van der Waals surface area contributed by atoms with E-state index < -0.39 is 0 Å². The molecule has 5 nitrogen and oxygen atoms in total. The quantitative estimate of drug-likeness (QED) is 0.365. The fourth-order valence-corrected chi connectivity index (χ4v) is 5.11. The Balaban J connectivity index is 1.44. The summed E-state index contributed by atoms with van der Waals surface area (Å²) in [6, 6.07) is 15.1. The van der Waals surface area contributed by atoms with Crippen molar-refractivity contribution in [2.45, 2.75) is 17.0 Å². The van der Waals surface area contributed by atoms with Crippen LogP contribution in [0.3, 0.4) is 0 Å². The minimum absolute atomic E-state index is 0.242. The first-order valence-corrected chi connectivity index (χ1v) is 10.4. The molecule has 0 saturated heterocycles. The number of nitrogens with zero attached hydrogens (tertiary/aromatic N) is 4. The van der Waals surface area contributed by atoms with Crippen LogP contribution in [0.1, 0.15) is 17.5 Å². The van der Waals surface area contributed by atoms with Crippen molar-refractivity contribution in [2.75, 3.05) is 0 Å². The van der Waals surface area contributed by atoms with Crippen LogP contribution in [0.25, 0.3) is 10.2 Å². The molecule has 0 aliphatic carbocycles. The van der Waals surface area contributed by atoms with Gasteiger partial charge in [-0.15, -0.1) is 21.5 Å². The van der Waals surface area contributed by atoms with Gasteiger partial charge in [-0.25, -0.2) is 9.98 Å². The Bertz CT molecular complexity index is 1040. The Morgan fingerprint density at radius 2 is 1.88 bits per heavy atom. The van der Waals surface area contributed by atoms with Gasteiger partial charge in [0.1, 0.15) is 10.8 Å². The molecular formula is C18H14N4OS3. The second-order valence-corrected chi connectivity index (χ2v) is 8.75. The van der Waals surface area contributed by atoms with E-state index in [1.54, 1.807) is 35.2 Å². The maximum absolute atomic E-state index is 9.36. The molecule has 0 aliphatic rings. The molecule has 4 rings (SSSR count). The molecule has 0 atom stereocenters. The highest BCUT2D eigenvalue weighted by molar-refractivity contribution is 8.00. The van der Waals surface area contributed by atoms with Gasteiger partial charge in [0.15, 0.2) is 4.34 Å². The van der Waals surface area contributed by atoms with Crippen LogP contribution in [0.5, 0.6) is 5.75 Å². The summed E-state index contributed by atoms with van der Waals surface area (Å²) in [4.78, 5) is 9.15. The molecule has 130 valence electrons. The van der Waals surface area contributed by atoms with Crippen molar-refractivity contribution in [3.8, 4) is 5.75 Å². The summed E-state index contributed by atoms with van der Waals surface area (Å²) < 4.78 is 2.23. The Labute approximate surface area is 162 Å². The minimum atomic E-state index is 0.242. The highest BCUT2D eigenvalue weighted by Gasteiger charge is 2.08. The number of hydrogen-bond donors (Lipinski definition) is 1.